The lowest BCUT2D eigenvalue weighted by atomic mass is 10.5. The normalized spacial score (nSPS) is 10.6. The molecule has 17 heavy (non-hydrogen) atoms. The number of aromatic nitrogens is 3. The molecule has 90 valence electrons. The topological polar surface area (TPSA) is 68.0 Å². The minimum Gasteiger partial charge on any atom is -0.481 e. The maximum atomic E-state index is 10.5. The molecule has 0 aliphatic carbocycles. The van der Waals surface area contributed by atoms with Gasteiger partial charge in [-0.1, -0.05) is 17.8 Å². The Kier molecular flexibility index (Phi) is 4.19. The molecule has 2 aromatic heterocycles. The van der Waals surface area contributed by atoms with Crippen LogP contribution in [-0.4, -0.2) is 31.6 Å². The number of rotatable bonds is 5. The zero-order chi connectivity index (χ0) is 12.3. The summed E-state index contributed by atoms with van der Waals surface area (Å²) in [7, 11) is 0. The number of carboxylic acid groups (broad SMARTS) is 1. The van der Waals surface area contributed by atoms with Crippen molar-refractivity contribution in [3.8, 4) is 0 Å². The Hall–Kier alpha value is -0.860. The van der Waals surface area contributed by atoms with E-state index in [9.17, 15) is 4.79 Å². The molecule has 0 atom stereocenters. The van der Waals surface area contributed by atoms with Crippen molar-refractivity contribution in [1.82, 2.24) is 14.8 Å². The first kappa shape index (κ1) is 12.6. The number of hydrogen-bond acceptors (Lipinski definition) is 5. The minimum absolute atomic E-state index is 0.0183. The van der Waals surface area contributed by atoms with Crippen molar-refractivity contribution < 1.29 is 9.90 Å². The van der Waals surface area contributed by atoms with Gasteiger partial charge in [0.15, 0.2) is 5.16 Å². The maximum absolute atomic E-state index is 10.5. The van der Waals surface area contributed by atoms with Crippen molar-refractivity contribution in [3.05, 3.63) is 27.1 Å². The number of halogens is 1. The van der Waals surface area contributed by atoms with Crippen molar-refractivity contribution in [1.29, 1.82) is 0 Å². The number of thioether (sulfide) groups is 1. The van der Waals surface area contributed by atoms with Crippen molar-refractivity contribution >= 4 is 45.0 Å². The lowest BCUT2D eigenvalue weighted by molar-refractivity contribution is -0.133. The van der Waals surface area contributed by atoms with Crippen molar-refractivity contribution in [2.45, 2.75) is 11.7 Å². The molecule has 0 fully saturated rings. The van der Waals surface area contributed by atoms with Crippen LogP contribution in [0.1, 0.15) is 4.88 Å². The van der Waals surface area contributed by atoms with Gasteiger partial charge in [-0.2, -0.15) is 0 Å². The largest absolute Gasteiger partial charge is 0.481 e. The Bertz CT molecular complexity index is 512. The second-order valence-corrected chi connectivity index (χ2v) is 5.78. The molecule has 2 heterocycles. The van der Waals surface area contributed by atoms with E-state index in [-0.39, 0.29) is 5.75 Å². The van der Waals surface area contributed by atoms with E-state index >= 15 is 0 Å². The SMILES string of the molecule is O=C(O)CSc1nnc(Br)n1Cc1cccs1. The third-order valence-corrected chi connectivity index (χ3v) is 4.29. The summed E-state index contributed by atoms with van der Waals surface area (Å²) in [6.45, 7) is 0.646. The molecule has 0 aromatic carbocycles. The van der Waals surface area contributed by atoms with Gasteiger partial charge < -0.3 is 5.11 Å². The highest BCUT2D eigenvalue weighted by atomic mass is 79.9. The zero-order valence-electron chi connectivity index (χ0n) is 8.54. The molecule has 0 radical (unpaired) electrons. The van der Waals surface area contributed by atoms with Crippen LogP contribution >= 0.6 is 39.0 Å². The lowest BCUT2D eigenvalue weighted by Crippen LogP contribution is -2.04. The van der Waals surface area contributed by atoms with Crippen LogP contribution in [0.15, 0.2) is 27.4 Å². The smallest absolute Gasteiger partial charge is 0.313 e. The molecule has 0 amide bonds. The number of thiophene rings is 1. The number of carbonyl (C=O) groups is 1. The molecule has 5 nitrogen and oxygen atoms in total. The molecule has 1 N–H and O–H groups in total. The molecule has 0 saturated carbocycles. The van der Waals surface area contributed by atoms with Gasteiger partial charge in [0.25, 0.3) is 0 Å². The molecule has 2 rings (SSSR count). The van der Waals surface area contributed by atoms with Crippen LogP contribution < -0.4 is 0 Å². The van der Waals surface area contributed by atoms with E-state index in [4.69, 9.17) is 5.11 Å². The molecule has 0 unspecified atom stereocenters. The van der Waals surface area contributed by atoms with Crippen LogP contribution in [0.3, 0.4) is 0 Å². The van der Waals surface area contributed by atoms with Crippen LogP contribution in [0.25, 0.3) is 0 Å². The maximum Gasteiger partial charge on any atom is 0.313 e. The second-order valence-electron chi connectivity index (χ2n) is 3.10. The Labute approximate surface area is 114 Å². The van der Waals surface area contributed by atoms with Gasteiger partial charge >= 0.3 is 5.97 Å². The van der Waals surface area contributed by atoms with E-state index in [1.165, 1.54) is 4.88 Å². The van der Waals surface area contributed by atoms with E-state index in [1.807, 2.05) is 22.1 Å². The molecule has 0 aliphatic heterocycles. The summed E-state index contributed by atoms with van der Waals surface area (Å²) < 4.78 is 2.46. The first-order chi connectivity index (χ1) is 8.16. The van der Waals surface area contributed by atoms with Gasteiger partial charge in [0.2, 0.25) is 4.73 Å². The lowest BCUT2D eigenvalue weighted by Gasteiger charge is -2.04. The molecular weight excluding hydrogens is 326 g/mol. The summed E-state index contributed by atoms with van der Waals surface area (Å²) >= 11 is 6.11. The van der Waals surface area contributed by atoms with Crippen LogP contribution in [0, 0.1) is 0 Å². The minimum atomic E-state index is -0.864. The van der Waals surface area contributed by atoms with E-state index in [2.05, 4.69) is 26.1 Å². The Morgan fingerprint density at radius 3 is 3.06 bits per heavy atom. The molecule has 0 spiro atoms. The Morgan fingerprint density at radius 2 is 2.41 bits per heavy atom. The molecular formula is C9H8BrN3O2S2. The number of nitrogens with zero attached hydrogens (tertiary/aromatic N) is 3. The monoisotopic (exact) mass is 333 g/mol. The Balaban J connectivity index is 2.14. The predicted molar refractivity (Wildman–Crippen MR) is 69.5 cm³/mol. The first-order valence-electron chi connectivity index (χ1n) is 4.62. The summed E-state index contributed by atoms with van der Waals surface area (Å²) in [5, 5.41) is 19.1. The van der Waals surface area contributed by atoms with E-state index in [1.54, 1.807) is 11.3 Å². The van der Waals surface area contributed by atoms with E-state index in [0.29, 0.717) is 16.4 Å². The van der Waals surface area contributed by atoms with Gasteiger partial charge in [-0.05, 0) is 27.4 Å². The van der Waals surface area contributed by atoms with Crippen LogP contribution in [-0.2, 0) is 11.3 Å². The highest BCUT2D eigenvalue weighted by Crippen LogP contribution is 2.22. The first-order valence-corrected chi connectivity index (χ1v) is 7.28. The highest BCUT2D eigenvalue weighted by molar-refractivity contribution is 9.10. The fourth-order valence-electron chi connectivity index (χ4n) is 1.20. The summed E-state index contributed by atoms with van der Waals surface area (Å²) in [4.78, 5) is 11.7. The van der Waals surface area contributed by atoms with E-state index < -0.39 is 5.97 Å². The zero-order valence-corrected chi connectivity index (χ0v) is 11.8. The van der Waals surface area contributed by atoms with Gasteiger partial charge in [0.1, 0.15) is 0 Å². The molecule has 2 aromatic rings. The van der Waals surface area contributed by atoms with Gasteiger partial charge in [-0.15, -0.1) is 21.5 Å². The Morgan fingerprint density at radius 1 is 1.59 bits per heavy atom. The van der Waals surface area contributed by atoms with E-state index in [0.717, 1.165) is 11.8 Å². The number of carboxylic acids is 1. The van der Waals surface area contributed by atoms with Crippen LogP contribution in [0.5, 0.6) is 0 Å². The van der Waals surface area contributed by atoms with Crippen molar-refractivity contribution in [2.75, 3.05) is 5.75 Å². The van der Waals surface area contributed by atoms with Crippen LogP contribution in [0.2, 0.25) is 0 Å². The van der Waals surface area contributed by atoms with Gasteiger partial charge in [-0.25, -0.2) is 0 Å². The van der Waals surface area contributed by atoms with Gasteiger partial charge in [-0.3, -0.25) is 9.36 Å². The molecule has 8 heteroatoms. The van der Waals surface area contributed by atoms with Crippen LogP contribution in [0.4, 0.5) is 0 Å². The predicted octanol–water partition coefficient (Wildman–Crippen LogP) is 2.33. The quantitative estimate of drug-likeness (QED) is 0.850. The fraction of sp³-hybridized carbons (Fsp3) is 0.222. The van der Waals surface area contributed by atoms with Gasteiger partial charge in [0.05, 0.1) is 12.3 Å². The fourth-order valence-corrected chi connectivity index (χ4v) is 3.04. The second kappa shape index (κ2) is 5.65. The number of hydrogen-bond donors (Lipinski definition) is 1. The summed E-state index contributed by atoms with van der Waals surface area (Å²) in [5.41, 5.74) is 0. The standard InChI is InChI=1S/C9H8BrN3O2S2/c10-8-11-12-9(17-5-7(14)15)13(8)4-6-2-1-3-16-6/h1-3H,4-5H2,(H,14,15). The average Bonchev–Trinajstić information content (AvgIpc) is 2.89. The summed E-state index contributed by atoms with van der Waals surface area (Å²) in [6, 6.07) is 3.99. The molecule has 0 aliphatic rings. The summed E-state index contributed by atoms with van der Waals surface area (Å²) in [6.07, 6.45) is 0. The van der Waals surface area contributed by atoms with Crippen molar-refractivity contribution in [3.63, 3.8) is 0 Å². The highest BCUT2D eigenvalue weighted by Gasteiger charge is 2.12. The average molecular weight is 334 g/mol. The van der Waals surface area contributed by atoms with Crippen molar-refractivity contribution in [2.24, 2.45) is 0 Å². The third-order valence-electron chi connectivity index (χ3n) is 1.89. The molecule has 0 saturated heterocycles. The molecule has 0 bridgehead atoms. The summed E-state index contributed by atoms with van der Waals surface area (Å²) in [5.74, 6) is -0.882. The third kappa shape index (κ3) is 3.30. The van der Waals surface area contributed by atoms with Gasteiger partial charge in [0, 0.05) is 4.88 Å². The number of aliphatic carboxylic acids is 1.